The van der Waals surface area contributed by atoms with Crippen molar-refractivity contribution in [1.82, 2.24) is 20.0 Å². The molecule has 0 aliphatic carbocycles. The molecule has 4 aromatic carbocycles. The van der Waals surface area contributed by atoms with Crippen molar-refractivity contribution in [3.63, 3.8) is 0 Å². The highest BCUT2D eigenvalue weighted by Gasteiger charge is 2.58. The predicted octanol–water partition coefficient (Wildman–Crippen LogP) is 5.92. The molecular weight excluding hydrogens is 711 g/mol. The van der Waals surface area contributed by atoms with Crippen LogP contribution >= 0.6 is 0 Å². The minimum absolute atomic E-state index is 0.0239. The quantitative estimate of drug-likeness (QED) is 0.191. The minimum atomic E-state index is -4.58. The molecule has 10 nitrogen and oxygen atoms in total. The molecule has 284 valence electrons. The van der Waals surface area contributed by atoms with Gasteiger partial charge in [0.15, 0.2) is 0 Å². The molecule has 55 heavy (non-hydrogen) atoms. The van der Waals surface area contributed by atoms with Crippen LogP contribution in [-0.2, 0) is 31.8 Å². The molecule has 0 bridgehead atoms. The number of halogens is 3. The lowest BCUT2D eigenvalue weighted by molar-refractivity contribution is -0.164. The van der Waals surface area contributed by atoms with Crippen molar-refractivity contribution in [3.8, 4) is 0 Å². The first kappa shape index (κ1) is 37.2. The molecule has 3 fully saturated rings. The second-order valence-corrected chi connectivity index (χ2v) is 13.7. The first-order valence-corrected chi connectivity index (χ1v) is 18.2. The van der Waals surface area contributed by atoms with E-state index in [1.165, 1.54) is 21.9 Å². The first-order chi connectivity index (χ1) is 26.6. The van der Waals surface area contributed by atoms with Crippen molar-refractivity contribution in [1.29, 1.82) is 0 Å². The molecule has 13 heteroatoms. The average Bonchev–Trinajstić information content (AvgIpc) is 3.58. The highest BCUT2D eigenvalue weighted by atomic mass is 19.4. The Bertz CT molecular complexity index is 2020. The number of benzene rings is 4. The zero-order valence-electron chi connectivity index (χ0n) is 29.8. The third kappa shape index (κ3) is 8.20. The van der Waals surface area contributed by atoms with Gasteiger partial charge in [-0.1, -0.05) is 103 Å². The number of nitrogens with one attached hydrogen (secondary N) is 1. The fraction of sp³-hybridized carbons (Fsp3) is 0.286. The summed E-state index contributed by atoms with van der Waals surface area (Å²) >= 11 is 0. The Morgan fingerprint density at radius 2 is 1.49 bits per heavy atom. The summed E-state index contributed by atoms with van der Waals surface area (Å²) in [5.74, 6) is -1.61. The van der Waals surface area contributed by atoms with Crippen molar-refractivity contribution in [3.05, 3.63) is 144 Å². The molecule has 0 spiro atoms. The fourth-order valence-corrected chi connectivity index (χ4v) is 7.43. The van der Waals surface area contributed by atoms with Crippen LogP contribution in [0.3, 0.4) is 0 Å². The van der Waals surface area contributed by atoms with E-state index in [4.69, 9.17) is 4.74 Å². The molecular formula is C42H40F3N5O5. The Morgan fingerprint density at radius 3 is 2.16 bits per heavy atom. The fourth-order valence-electron chi connectivity index (χ4n) is 7.43. The number of amides is 4. The molecule has 3 heterocycles. The van der Waals surface area contributed by atoms with Crippen LogP contribution in [0.4, 0.5) is 23.7 Å². The maximum absolute atomic E-state index is 14.4. The zero-order valence-corrected chi connectivity index (χ0v) is 29.8. The van der Waals surface area contributed by atoms with Crippen LogP contribution in [0.15, 0.2) is 121 Å². The van der Waals surface area contributed by atoms with E-state index in [1.54, 1.807) is 17.1 Å². The Balaban J connectivity index is 1.18. The van der Waals surface area contributed by atoms with Gasteiger partial charge in [0.1, 0.15) is 18.7 Å². The van der Waals surface area contributed by atoms with Crippen LogP contribution in [0.25, 0.3) is 6.08 Å². The lowest BCUT2D eigenvalue weighted by Crippen LogP contribution is -2.74. The van der Waals surface area contributed by atoms with Crippen LogP contribution in [0.5, 0.6) is 0 Å². The van der Waals surface area contributed by atoms with Gasteiger partial charge in [-0.3, -0.25) is 19.3 Å². The van der Waals surface area contributed by atoms with Crippen molar-refractivity contribution < 1.29 is 37.1 Å². The van der Waals surface area contributed by atoms with Crippen LogP contribution in [0, 0.1) is 0 Å². The van der Waals surface area contributed by atoms with E-state index >= 15 is 0 Å². The number of hydrogen-bond donors (Lipinski definition) is 1. The number of piperazine rings is 1. The monoisotopic (exact) mass is 751 g/mol. The van der Waals surface area contributed by atoms with E-state index < -0.39 is 53.8 Å². The van der Waals surface area contributed by atoms with Crippen LogP contribution < -0.4 is 10.2 Å². The Morgan fingerprint density at radius 1 is 0.836 bits per heavy atom. The number of carbonyl (C=O) groups is 4. The zero-order chi connectivity index (χ0) is 38.5. The molecule has 0 unspecified atom stereocenters. The van der Waals surface area contributed by atoms with Gasteiger partial charge in [0, 0.05) is 38.4 Å². The van der Waals surface area contributed by atoms with Crippen LogP contribution in [0.2, 0.25) is 0 Å². The summed E-state index contributed by atoms with van der Waals surface area (Å²) in [6, 6.07) is 29.1. The number of cyclic esters (lactones) is 1. The number of alkyl halides is 3. The van der Waals surface area contributed by atoms with E-state index in [-0.39, 0.29) is 31.0 Å². The van der Waals surface area contributed by atoms with Crippen molar-refractivity contribution >= 4 is 35.6 Å². The number of nitrogens with zero attached hydrogens (tertiary/aromatic N) is 4. The third-order valence-corrected chi connectivity index (χ3v) is 10.3. The van der Waals surface area contributed by atoms with Gasteiger partial charge in [-0.15, -0.1) is 0 Å². The normalized spacial score (nSPS) is 20.7. The molecule has 0 radical (unpaired) electrons. The van der Waals surface area contributed by atoms with Gasteiger partial charge in [0.05, 0.1) is 24.1 Å². The van der Waals surface area contributed by atoms with E-state index in [1.807, 2.05) is 91.0 Å². The number of likely N-dealkylation sites (tertiary alicyclic amines) is 1. The summed E-state index contributed by atoms with van der Waals surface area (Å²) in [6.45, 7) is 1.65. The average molecular weight is 752 g/mol. The molecule has 7 rings (SSSR count). The van der Waals surface area contributed by atoms with E-state index in [0.717, 1.165) is 28.9 Å². The van der Waals surface area contributed by atoms with E-state index in [0.29, 0.717) is 26.2 Å². The minimum Gasteiger partial charge on any atom is -0.447 e. The van der Waals surface area contributed by atoms with Gasteiger partial charge in [-0.2, -0.15) is 13.2 Å². The van der Waals surface area contributed by atoms with Gasteiger partial charge in [0.25, 0.3) is 0 Å². The standard InChI is InChI=1S/C42H40F3N5O5/c43-42(44,45)32-16-10-13-30(25-32)27-46-39(52)35(26-37(51)48-23-21-47(22-24-48)33-17-8-3-9-18-33)49-34(20-19-29-11-4-1-5-12-29)38(40(49)53)50-36(28-55-41(50)54)31-14-6-2-7-15-31/h1-20,25,34-36,38H,21-24,26-28H2,(H,46,52)/b20-19+/t34-,35+,36-,38+/m1/s1. The molecule has 3 saturated heterocycles. The lowest BCUT2D eigenvalue weighted by atomic mass is 9.87. The molecule has 4 aromatic rings. The summed E-state index contributed by atoms with van der Waals surface area (Å²) in [5.41, 5.74) is 1.94. The smallest absolute Gasteiger partial charge is 0.416 e. The lowest BCUT2D eigenvalue weighted by Gasteiger charge is -2.52. The second-order valence-electron chi connectivity index (χ2n) is 13.7. The van der Waals surface area contributed by atoms with Crippen LogP contribution in [0.1, 0.15) is 34.7 Å². The summed E-state index contributed by atoms with van der Waals surface area (Å²) in [4.78, 5) is 62.5. The van der Waals surface area contributed by atoms with Crippen molar-refractivity contribution in [2.24, 2.45) is 0 Å². The molecule has 0 aromatic heterocycles. The molecule has 3 aliphatic heterocycles. The molecule has 4 atom stereocenters. The molecule has 0 saturated carbocycles. The number of anilines is 1. The van der Waals surface area contributed by atoms with Crippen LogP contribution in [-0.4, -0.2) is 89.4 Å². The van der Waals surface area contributed by atoms with Gasteiger partial charge in [-0.25, -0.2) is 4.79 Å². The number of ether oxygens (including phenoxy) is 1. The van der Waals surface area contributed by atoms with Gasteiger partial charge in [0.2, 0.25) is 17.7 Å². The van der Waals surface area contributed by atoms with Gasteiger partial charge >= 0.3 is 12.3 Å². The first-order valence-electron chi connectivity index (χ1n) is 18.2. The molecule has 3 aliphatic rings. The third-order valence-electron chi connectivity index (χ3n) is 10.3. The Hall–Kier alpha value is -6.11. The number of hydrogen-bond acceptors (Lipinski definition) is 6. The largest absolute Gasteiger partial charge is 0.447 e. The highest BCUT2D eigenvalue weighted by Crippen LogP contribution is 2.39. The van der Waals surface area contributed by atoms with Gasteiger partial charge < -0.3 is 24.8 Å². The van der Waals surface area contributed by atoms with Crippen molar-refractivity contribution in [2.45, 2.75) is 43.3 Å². The maximum atomic E-state index is 14.4. The number of rotatable bonds is 11. The summed E-state index contributed by atoms with van der Waals surface area (Å²) in [7, 11) is 0. The SMILES string of the molecule is O=C(NCc1cccc(C(F)(F)F)c1)[C@H](CC(=O)N1CCN(c2ccccc2)CC1)N1C(=O)[C@@H](N2C(=O)OC[C@@H]2c2ccccc2)[C@H]1/C=C/c1ccccc1. The highest BCUT2D eigenvalue weighted by molar-refractivity contribution is 5.99. The maximum Gasteiger partial charge on any atom is 0.416 e. The summed E-state index contributed by atoms with van der Waals surface area (Å²) < 4.78 is 45.9. The van der Waals surface area contributed by atoms with Gasteiger partial charge in [-0.05, 0) is 41.0 Å². The Labute approximate surface area is 316 Å². The van der Waals surface area contributed by atoms with E-state index in [9.17, 15) is 32.3 Å². The summed E-state index contributed by atoms with van der Waals surface area (Å²) in [6.07, 6.45) is -2.10. The molecule has 1 N–H and O–H groups in total. The van der Waals surface area contributed by atoms with E-state index in [2.05, 4.69) is 10.2 Å². The summed E-state index contributed by atoms with van der Waals surface area (Å²) in [5, 5.41) is 2.70. The topological polar surface area (TPSA) is 103 Å². The Kier molecular flexibility index (Phi) is 10.9. The van der Waals surface area contributed by atoms with Crippen molar-refractivity contribution in [2.75, 3.05) is 37.7 Å². The number of carbonyl (C=O) groups excluding carboxylic acids is 4. The number of β-lactam (4-membered cyclic amide) rings is 1. The number of para-hydroxylation sites is 1. The second kappa shape index (κ2) is 16.1. The predicted molar refractivity (Wildman–Crippen MR) is 199 cm³/mol. The molecule has 4 amide bonds.